The molecular weight excluding hydrogens is 759 g/mol. The zero-order valence-electron chi connectivity index (χ0n) is 34.0. The average Bonchev–Trinajstić information content (AvgIpc) is 3.27. The standard InChI is InChI=1S/C48H53N5O7/c1-32(54)53(29-34-9-7-33(8-10-34)27-49-28-42(56)39-15-17-41(55)45-40(39)16-18-44(57)50-45)30-35-11-13-37(14-12-35)46(58)52-25-21-48(22-26-52,38-5-3-2-4-6-38)47(59)60-43-31-51-23-19-36(43)20-24-51/h2-18,36,42-43,49,55-56H,19-31H2,1H3,(H,50,57)/t42?,43-/m0/s1. The van der Waals surface area contributed by atoms with E-state index in [9.17, 15) is 29.4 Å². The van der Waals surface area contributed by atoms with Crippen molar-refractivity contribution in [2.24, 2.45) is 5.92 Å². The first-order chi connectivity index (χ1) is 29.1. The summed E-state index contributed by atoms with van der Waals surface area (Å²) in [6, 6.07) is 31.4. The second-order valence-corrected chi connectivity index (χ2v) is 16.6. The first-order valence-corrected chi connectivity index (χ1v) is 21.0. The number of hydrogen-bond acceptors (Lipinski definition) is 9. The van der Waals surface area contributed by atoms with Gasteiger partial charge in [0.1, 0.15) is 11.9 Å². The van der Waals surface area contributed by atoms with Gasteiger partial charge in [0, 0.05) is 69.8 Å². The number of aromatic nitrogens is 1. The summed E-state index contributed by atoms with van der Waals surface area (Å²) in [5, 5.41) is 24.9. The summed E-state index contributed by atoms with van der Waals surface area (Å²) in [4.78, 5) is 60.9. The van der Waals surface area contributed by atoms with E-state index in [4.69, 9.17) is 4.74 Å². The normalized spacial score (nSPS) is 20.1. The van der Waals surface area contributed by atoms with Crippen LogP contribution in [0, 0.1) is 5.92 Å². The lowest BCUT2D eigenvalue weighted by atomic mass is 9.72. The van der Waals surface area contributed by atoms with Gasteiger partial charge >= 0.3 is 5.97 Å². The summed E-state index contributed by atoms with van der Waals surface area (Å²) in [5.41, 5.74) is 4.17. The molecule has 0 radical (unpaired) electrons. The van der Waals surface area contributed by atoms with Gasteiger partial charge in [0.25, 0.3) is 5.91 Å². The Bertz CT molecular complexity index is 2370. The van der Waals surface area contributed by atoms with Gasteiger partial charge in [-0.05, 0) is 96.8 Å². The molecule has 60 heavy (non-hydrogen) atoms. The van der Waals surface area contributed by atoms with Crippen molar-refractivity contribution in [3.63, 3.8) is 0 Å². The summed E-state index contributed by atoms with van der Waals surface area (Å²) in [5.74, 6) is 0.0593. The molecule has 2 bridgehead atoms. The van der Waals surface area contributed by atoms with Crippen LogP contribution in [-0.4, -0.2) is 93.1 Å². The Morgan fingerprint density at radius 1 is 0.850 bits per heavy atom. The van der Waals surface area contributed by atoms with E-state index in [1.807, 2.05) is 83.8 Å². The lowest BCUT2D eigenvalue weighted by Gasteiger charge is -2.46. The maximum Gasteiger partial charge on any atom is 0.317 e. The van der Waals surface area contributed by atoms with E-state index in [1.54, 1.807) is 24.0 Å². The van der Waals surface area contributed by atoms with Gasteiger partial charge in [0.15, 0.2) is 0 Å². The number of nitrogens with one attached hydrogen (secondary N) is 2. The third-order valence-electron chi connectivity index (χ3n) is 12.8. The summed E-state index contributed by atoms with van der Waals surface area (Å²) in [7, 11) is 0. The molecule has 12 nitrogen and oxygen atoms in total. The van der Waals surface area contributed by atoms with Gasteiger partial charge in [-0.2, -0.15) is 0 Å². The number of amides is 2. The van der Waals surface area contributed by atoms with E-state index in [0.717, 1.165) is 54.7 Å². The van der Waals surface area contributed by atoms with Gasteiger partial charge in [0.2, 0.25) is 11.5 Å². The molecule has 0 aliphatic carbocycles. The Morgan fingerprint density at radius 2 is 1.50 bits per heavy atom. The predicted molar refractivity (Wildman–Crippen MR) is 228 cm³/mol. The number of esters is 1. The van der Waals surface area contributed by atoms with Crippen LogP contribution in [0.2, 0.25) is 0 Å². The predicted octanol–water partition coefficient (Wildman–Crippen LogP) is 5.42. The number of benzene rings is 4. The molecule has 2 atom stereocenters. The number of fused-ring (bicyclic) bond motifs is 4. The first-order valence-electron chi connectivity index (χ1n) is 21.0. The van der Waals surface area contributed by atoms with E-state index in [1.165, 1.54) is 12.1 Å². The number of piperidine rings is 4. The van der Waals surface area contributed by atoms with Crippen molar-refractivity contribution in [2.45, 2.75) is 69.9 Å². The molecule has 12 heteroatoms. The molecule has 2 amide bonds. The molecule has 1 unspecified atom stereocenters. The van der Waals surface area contributed by atoms with E-state index in [0.29, 0.717) is 73.5 Å². The number of nitrogens with zero attached hydrogens (tertiary/aromatic N) is 3. The molecule has 4 aromatic carbocycles. The highest BCUT2D eigenvalue weighted by atomic mass is 16.5. The van der Waals surface area contributed by atoms with Crippen molar-refractivity contribution in [1.82, 2.24) is 25.0 Å². The summed E-state index contributed by atoms with van der Waals surface area (Å²) in [6.07, 6.45) is 2.20. The monoisotopic (exact) mass is 811 g/mol. The number of carbonyl (C=O) groups excluding carboxylic acids is 3. The number of aromatic amines is 1. The highest BCUT2D eigenvalue weighted by Crippen LogP contribution is 2.39. The smallest absolute Gasteiger partial charge is 0.317 e. The van der Waals surface area contributed by atoms with Gasteiger partial charge in [0.05, 0.1) is 17.0 Å². The zero-order chi connectivity index (χ0) is 41.8. The Balaban J connectivity index is 0.837. The van der Waals surface area contributed by atoms with Crippen molar-refractivity contribution >= 4 is 28.7 Å². The molecular formula is C48H53N5O7. The number of aliphatic hydroxyl groups is 1. The molecule has 312 valence electrons. The van der Waals surface area contributed by atoms with Gasteiger partial charge in [-0.1, -0.05) is 72.8 Å². The van der Waals surface area contributed by atoms with E-state index < -0.39 is 11.5 Å². The Morgan fingerprint density at radius 3 is 2.13 bits per heavy atom. The fourth-order valence-electron chi connectivity index (χ4n) is 9.18. The molecule has 1 aromatic heterocycles. The number of carbonyl (C=O) groups is 3. The summed E-state index contributed by atoms with van der Waals surface area (Å²) in [6.45, 7) is 6.96. The summed E-state index contributed by atoms with van der Waals surface area (Å²) >= 11 is 0. The molecule has 4 aliphatic rings. The number of likely N-dealkylation sites (tertiary alicyclic amines) is 1. The number of aliphatic hydroxyl groups excluding tert-OH is 1. The number of ether oxygens (including phenoxy) is 1. The Kier molecular flexibility index (Phi) is 12.1. The van der Waals surface area contributed by atoms with E-state index in [2.05, 4.69) is 15.2 Å². The quantitative estimate of drug-likeness (QED) is 0.114. The van der Waals surface area contributed by atoms with Gasteiger partial charge in [-0.3, -0.25) is 24.1 Å². The lowest BCUT2D eigenvalue weighted by molar-refractivity contribution is -0.168. The highest BCUT2D eigenvalue weighted by molar-refractivity contribution is 5.95. The fourth-order valence-corrected chi connectivity index (χ4v) is 9.18. The third kappa shape index (κ3) is 8.86. The Labute approximate surface area is 349 Å². The molecule has 4 saturated heterocycles. The van der Waals surface area contributed by atoms with Crippen LogP contribution in [0.4, 0.5) is 0 Å². The topological polar surface area (TPSA) is 156 Å². The number of pyridine rings is 1. The van der Waals surface area contributed by atoms with Crippen molar-refractivity contribution in [3.8, 4) is 5.75 Å². The SMILES string of the molecule is CC(=O)N(Cc1ccc(CNCC(O)c2ccc(O)c3[nH]c(=O)ccc23)cc1)Cc1ccc(C(=O)N2CCC(C(=O)O[C@H]3CN4CCC3CC4)(c3ccccc3)CC2)cc1. The number of aromatic hydroxyl groups is 1. The number of phenols is 1. The number of hydrogen-bond donors (Lipinski definition) is 4. The van der Waals surface area contributed by atoms with Crippen LogP contribution in [0.3, 0.4) is 0 Å². The first kappa shape index (κ1) is 40.9. The van der Waals surface area contributed by atoms with Crippen molar-refractivity contribution in [2.75, 3.05) is 39.3 Å². The van der Waals surface area contributed by atoms with E-state index >= 15 is 0 Å². The number of phenolic OH excluding ortho intramolecular Hbond substituents is 1. The molecule has 0 saturated carbocycles. The Hall–Kier alpha value is -5.82. The van der Waals surface area contributed by atoms with Crippen LogP contribution in [0.15, 0.2) is 108 Å². The molecule has 4 N–H and O–H groups in total. The van der Waals surface area contributed by atoms with Crippen LogP contribution in [0.25, 0.3) is 10.9 Å². The summed E-state index contributed by atoms with van der Waals surface area (Å²) < 4.78 is 6.32. The molecule has 9 rings (SSSR count). The second kappa shape index (κ2) is 17.8. The molecule has 5 heterocycles. The van der Waals surface area contributed by atoms with Crippen LogP contribution in [0.1, 0.15) is 76.9 Å². The highest BCUT2D eigenvalue weighted by Gasteiger charge is 2.47. The number of H-pyrrole nitrogens is 1. The van der Waals surface area contributed by atoms with Crippen LogP contribution >= 0.6 is 0 Å². The molecule has 4 aliphatic heterocycles. The van der Waals surface area contributed by atoms with Crippen LogP contribution < -0.4 is 10.9 Å². The molecule has 0 spiro atoms. The van der Waals surface area contributed by atoms with Crippen LogP contribution in [0.5, 0.6) is 5.75 Å². The largest absolute Gasteiger partial charge is 0.506 e. The van der Waals surface area contributed by atoms with Crippen molar-refractivity contribution in [1.29, 1.82) is 0 Å². The van der Waals surface area contributed by atoms with Crippen molar-refractivity contribution < 1.29 is 29.3 Å². The minimum absolute atomic E-state index is 0.0549. The maximum atomic E-state index is 14.1. The third-order valence-corrected chi connectivity index (χ3v) is 12.8. The molecule has 4 fully saturated rings. The average molecular weight is 812 g/mol. The fraction of sp³-hybridized carbons (Fsp3) is 0.375. The lowest BCUT2D eigenvalue weighted by Crippen LogP contribution is -2.55. The molecule has 5 aromatic rings. The van der Waals surface area contributed by atoms with Gasteiger partial charge < -0.3 is 35.1 Å². The van der Waals surface area contributed by atoms with Gasteiger partial charge in [-0.15, -0.1) is 0 Å². The van der Waals surface area contributed by atoms with E-state index in [-0.39, 0.29) is 41.7 Å². The number of rotatable bonds is 13. The minimum Gasteiger partial charge on any atom is -0.506 e. The minimum atomic E-state index is -0.864. The van der Waals surface area contributed by atoms with Gasteiger partial charge in [-0.25, -0.2) is 0 Å². The van der Waals surface area contributed by atoms with Crippen molar-refractivity contribution in [3.05, 3.63) is 147 Å². The maximum absolute atomic E-state index is 14.1. The zero-order valence-corrected chi connectivity index (χ0v) is 34.0. The second-order valence-electron chi connectivity index (χ2n) is 16.6. The van der Waals surface area contributed by atoms with Crippen LogP contribution in [-0.2, 0) is 39.4 Å².